The molecule has 2 rings (SSSR count). The zero-order valence-corrected chi connectivity index (χ0v) is 18.1. The van der Waals surface area contributed by atoms with Crippen LogP contribution in [0, 0.1) is 3.57 Å². The molecule has 0 heterocycles. The maximum Gasteiger partial charge on any atom is 0.344 e. The summed E-state index contributed by atoms with van der Waals surface area (Å²) in [5.41, 5.74) is 3.57. The number of methoxy groups -OCH3 is 1. The zero-order chi connectivity index (χ0) is 20.5. The van der Waals surface area contributed by atoms with E-state index in [9.17, 15) is 9.59 Å². The third-order valence-corrected chi connectivity index (χ3v) is 4.43. The number of amides is 1. The molecule has 0 saturated carbocycles. The van der Waals surface area contributed by atoms with Gasteiger partial charge in [-0.15, -0.1) is 0 Å². The normalized spacial score (nSPS) is 10.6. The average molecular weight is 517 g/mol. The summed E-state index contributed by atoms with van der Waals surface area (Å²) in [6.07, 6.45) is 1.48. The molecule has 0 saturated heterocycles. The maximum absolute atomic E-state index is 12.0. The van der Waals surface area contributed by atoms with Crippen LogP contribution in [-0.2, 0) is 9.53 Å². The van der Waals surface area contributed by atoms with E-state index in [2.05, 4.69) is 33.1 Å². The summed E-state index contributed by atoms with van der Waals surface area (Å²) in [6.45, 7) is 1.79. The first-order chi connectivity index (χ1) is 13.4. The molecular weight excluding hydrogens is 499 g/mol. The van der Waals surface area contributed by atoms with Gasteiger partial charge in [0.25, 0.3) is 5.91 Å². The van der Waals surface area contributed by atoms with Crippen molar-refractivity contribution in [3.8, 4) is 11.5 Å². The fourth-order valence-corrected chi connectivity index (χ4v) is 3.03. The van der Waals surface area contributed by atoms with Gasteiger partial charge in [-0.3, -0.25) is 4.79 Å². The highest BCUT2D eigenvalue weighted by molar-refractivity contribution is 14.1. The average Bonchev–Trinajstić information content (AvgIpc) is 2.67. The first-order valence-corrected chi connectivity index (χ1v) is 9.65. The largest absolute Gasteiger partial charge is 0.493 e. The Morgan fingerprint density at radius 3 is 2.61 bits per heavy atom. The second-order valence-corrected chi connectivity index (χ2v) is 6.93. The summed E-state index contributed by atoms with van der Waals surface area (Å²) in [7, 11) is 1.49. The fourth-order valence-electron chi connectivity index (χ4n) is 2.12. The number of hydrogen-bond acceptors (Lipinski definition) is 6. The van der Waals surface area contributed by atoms with Crippen LogP contribution in [0.25, 0.3) is 0 Å². The number of hydrazone groups is 1. The molecule has 0 aromatic heterocycles. The SMILES string of the molecule is CCOC(=O)COc1c(I)cc(/C=N\NC(=O)c2ccc(Cl)cc2)cc1OC. The number of hydrogen-bond donors (Lipinski definition) is 1. The van der Waals surface area contributed by atoms with Gasteiger partial charge < -0.3 is 14.2 Å². The minimum absolute atomic E-state index is 0.217. The van der Waals surface area contributed by atoms with Gasteiger partial charge in [0.05, 0.1) is 23.5 Å². The van der Waals surface area contributed by atoms with E-state index in [1.54, 1.807) is 43.3 Å². The minimum atomic E-state index is -0.462. The molecule has 1 N–H and O–H groups in total. The van der Waals surface area contributed by atoms with Gasteiger partial charge >= 0.3 is 5.97 Å². The molecule has 2 aromatic rings. The number of nitrogens with zero attached hydrogens (tertiary/aromatic N) is 1. The smallest absolute Gasteiger partial charge is 0.344 e. The Morgan fingerprint density at radius 1 is 1.25 bits per heavy atom. The number of esters is 1. The van der Waals surface area contributed by atoms with Crippen molar-refractivity contribution in [3.05, 3.63) is 56.1 Å². The van der Waals surface area contributed by atoms with Crippen molar-refractivity contribution in [2.45, 2.75) is 6.92 Å². The quantitative estimate of drug-likeness (QED) is 0.251. The predicted molar refractivity (Wildman–Crippen MR) is 114 cm³/mol. The molecule has 0 spiro atoms. The first-order valence-electron chi connectivity index (χ1n) is 8.19. The van der Waals surface area contributed by atoms with E-state index in [0.29, 0.717) is 31.2 Å². The van der Waals surface area contributed by atoms with Crippen LogP contribution in [0.1, 0.15) is 22.8 Å². The lowest BCUT2D eigenvalue weighted by Gasteiger charge is -2.13. The van der Waals surface area contributed by atoms with Crippen LogP contribution in [0.5, 0.6) is 11.5 Å². The van der Waals surface area contributed by atoms with Crippen molar-refractivity contribution >= 4 is 52.3 Å². The molecule has 0 atom stereocenters. The van der Waals surface area contributed by atoms with Crippen molar-refractivity contribution in [3.63, 3.8) is 0 Å². The van der Waals surface area contributed by atoms with E-state index < -0.39 is 5.97 Å². The Kier molecular flexibility index (Phi) is 8.52. The summed E-state index contributed by atoms with van der Waals surface area (Å²) >= 11 is 7.86. The Hall–Kier alpha value is -2.33. The molecule has 7 nitrogen and oxygen atoms in total. The van der Waals surface area contributed by atoms with Gasteiger partial charge in [-0.2, -0.15) is 5.10 Å². The highest BCUT2D eigenvalue weighted by atomic mass is 127. The molecule has 0 aliphatic rings. The van der Waals surface area contributed by atoms with Crippen molar-refractivity contribution < 1.29 is 23.8 Å². The summed E-state index contributed by atoms with van der Waals surface area (Å²) in [5.74, 6) is 0.0417. The standard InChI is InChI=1S/C19H18ClIN2O5/c1-3-27-17(24)11-28-18-15(21)8-12(9-16(18)26-2)10-22-23-19(25)13-4-6-14(20)7-5-13/h4-10H,3,11H2,1-2H3,(H,23,25)/b22-10-. The van der Waals surface area contributed by atoms with Gasteiger partial charge in [-0.1, -0.05) is 11.6 Å². The number of rotatable bonds is 8. The second-order valence-electron chi connectivity index (χ2n) is 5.33. The molecule has 2 aromatic carbocycles. The van der Waals surface area contributed by atoms with Crippen LogP contribution >= 0.6 is 34.2 Å². The molecule has 0 fully saturated rings. The Balaban J connectivity index is 2.06. The van der Waals surface area contributed by atoms with Crippen LogP contribution in [0.2, 0.25) is 5.02 Å². The van der Waals surface area contributed by atoms with Crippen molar-refractivity contribution in [1.82, 2.24) is 5.43 Å². The van der Waals surface area contributed by atoms with Crippen LogP contribution in [-0.4, -0.2) is 38.4 Å². The molecule has 0 unspecified atom stereocenters. The highest BCUT2D eigenvalue weighted by Crippen LogP contribution is 2.33. The molecule has 9 heteroatoms. The molecule has 0 radical (unpaired) electrons. The van der Waals surface area contributed by atoms with E-state index >= 15 is 0 Å². The molecule has 1 amide bonds. The van der Waals surface area contributed by atoms with E-state index in [1.807, 2.05) is 0 Å². The Morgan fingerprint density at radius 2 is 1.96 bits per heavy atom. The highest BCUT2D eigenvalue weighted by Gasteiger charge is 2.13. The summed E-state index contributed by atoms with van der Waals surface area (Å²) < 4.78 is 16.4. The van der Waals surface area contributed by atoms with Crippen LogP contribution in [0.3, 0.4) is 0 Å². The summed E-state index contributed by atoms with van der Waals surface area (Å²) in [5, 5.41) is 4.50. The number of halogens is 2. The van der Waals surface area contributed by atoms with E-state index in [4.69, 9.17) is 25.8 Å². The van der Waals surface area contributed by atoms with E-state index in [1.165, 1.54) is 13.3 Å². The summed E-state index contributed by atoms with van der Waals surface area (Å²) in [6, 6.07) is 9.93. The van der Waals surface area contributed by atoms with Gasteiger partial charge in [0.1, 0.15) is 0 Å². The Bertz CT molecular complexity index is 871. The number of ether oxygens (including phenoxy) is 3. The summed E-state index contributed by atoms with van der Waals surface area (Å²) in [4.78, 5) is 23.5. The number of nitrogens with one attached hydrogen (secondary N) is 1. The lowest BCUT2D eigenvalue weighted by Crippen LogP contribution is -2.17. The number of carbonyl (C=O) groups excluding carboxylic acids is 2. The van der Waals surface area contributed by atoms with Crippen LogP contribution in [0.4, 0.5) is 0 Å². The molecule has 0 bridgehead atoms. The predicted octanol–water partition coefficient (Wildman–Crippen LogP) is 3.66. The molecule has 0 aliphatic heterocycles. The third-order valence-electron chi connectivity index (χ3n) is 3.38. The van der Waals surface area contributed by atoms with Crippen molar-refractivity contribution in [2.75, 3.05) is 20.3 Å². The molecular formula is C19H18ClIN2O5. The molecule has 0 aliphatic carbocycles. The lowest BCUT2D eigenvalue weighted by atomic mass is 10.2. The molecule has 28 heavy (non-hydrogen) atoms. The first kappa shape index (κ1) is 22.0. The van der Waals surface area contributed by atoms with Gasteiger partial charge in [0, 0.05) is 10.6 Å². The fraction of sp³-hybridized carbons (Fsp3) is 0.211. The van der Waals surface area contributed by atoms with Gasteiger partial charge in [-0.05, 0) is 71.5 Å². The van der Waals surface area contributed by atoms with Crippen LogP contribution in [0.15, 0.2) is 41.5 Å². The zero-order valence-electron chi connectivity index (χ0n) is 15.2. The third kappa shape index (κ3) is 6.38. The van der Waals surface area contributed by atoms with Crippen molar-refractivity contribution in [2.24, 2.45) is 5.10 Å². The lowest BCUT2D eigenvalue weighted by molar-refractivity contribution is -0.145. The van der Waals surface area contributed by atoms with Gasteiger partial charge in [-0.25, -0.2) is 10.2 Å². The van der Waals surface area contributed by atoms with E-state index in [0.717, 1.165) is 0 Å². The van der Waals surface area contributed by atoms with Crippen molar-refractivity contribution in [1.29, 1.82) is 0 Å². The minimum Gasteiger partial charge on any atom is -0.493 e. The topological polar surface area (TPSA) is 86.2 Å². The monoisotopic (exact) mass is 516 g/mol. The second kappa shape index (κ2) is 10.9. The number of carbonyl (C=O) groups is 2. The Labute approximate surface area is 181 Å². The van der Waals surface area contributed by atoms with Crippen LogP contribution < -0.4 is 14.9 Å². The van der Waals surface area contributed by atoms with E-state index in [-0.39, 0.29) is 19.1 Å². The number of benzene rings is 2. The maximum atomic E-state index is 12.0. The molecule has 148 valence electrons. The van der Waals surface area contributed by atoms with Gasteiger partial charge in [0.15, 0.2) is 18.1 Å². The van der Waals surface area contributed by atoms with Gasteiger partial charge in [0.2, 0.25) is 0 Å².